The van der Waals surface area contributed by atoms with Gasteiger partial charge in [0.15, 0.2) is 5.82 Å². The summed E-state index contributed by atoms with van der Waals surface area (Å²) in [4.78, 5) is 28.4. The number of rotatable bonds is 3. The van der Waals surface area contributed by atoms with Crippen LogP contribution in [-0.2, 0) is 25.7 Å². The van der Waals surface area contributed by atoms with Crippen LogP contribution in [0.15, 0.2) is 12.1 Å². The van der Waals surface area contributed by atoms with Crippen molar-refractivity contribution >= 4 is 17.6 Å². The molecular formula is C23H27F7N6O2. The number of carbonyl (C=O) groups is 2. The second-order valence-electron chi connectivity index (χ2n) is 9.08. The van der Waals surface area contributed by atoms with Gasteiger partial charge in [0.2, 0.25) is 0 Å². The number of hydrogen-bond donors (Lipinski definition) is 2. The Morgan fingerprint density at radius 1 is 1.21 bits per heavy atom. The third-order valence-electron chi connectivity index (χ3n) is 5.98. The van der Waals surface area contributed by atoms with E-state index in [0.717, 1.165) is 6.07 Å². The van der Waals surface area contributed by atoms with Crippen LogP contribution in [0, 0.1) is 17.6 Å². The van der Waals surface area contributed by atoms with Gasteiger partial charge in [0.1, 0.15) is 17.1 Å². The van der Waals surface area contributed by atoms with E-state index >= 15 is 0 Å². The molecule has 8 nitrogen and oxygen atoms in total. The van der Waals surface area contributed by atoms with Crippen LogP contribution in [0.5, 0.6) is 0 Å². The number of amides is 3. The zero-order valence-electron chi connectivity index (χ0n) is 20.8. The van der Waals surface area contributed by atoms with E-state index in [1.54, 1.807) is 16.6 Å². The van der Waals surface area contributed by atoms with Crippen LogP contribution in [0.4, 0.5) is 41.2 Å². The Balaban J connectivity index is 0.000000599. The largest absolute Gasteiger partial charge is 0.422 e. The van der Waals surface area contributed by atoms with Crippen molar-refractivity contribution in [3.8, 4) is 0 Å². The van der Waals surface area contributed by atoms with Gasteiger partial charge in [-0.15, -0.1) is 0 Å². The lowest BCUT2D eigenvalue weighted by Crippen LogP contribution is -2.40. The number of fused-ring (bicyclic) bond motifs is 3. The van der Waals surface area contributed by atoms with Crippen molar-refractivity contribution in [2.45, 2.75) is 39.0 Å². The standard InChI is InChI=1S/C20H20F5N5O2.C3H7F2N/c1-10-7-28(2)18(31)17-11-9-29(6-5-13(11)27-30(17)8-10)19(32)26-14-4-3-12(21)15(16(14)22)20(23,24)25;1-6-2-3(4)5/h3-4,10H,5-9H2,1-2H3,(H,26,32);3,6H,2H2,1H3. The lowest BCUT2D eigenvalue weighted by molar-refractivity contribution is -0.142. The van der Waals surface area contributed by atoms with Gasteiger partial charge in [-0.25, -0.2) is 22.4 Å². The van der Waals surface area contributed by atoms with Crippen molar-refractivity contribution in [1.29, 1.82) is 0 Å². The van der Waals surface area contributed by atoms with Crippen LogP contribution < -0.4 is 10.6 Å². The fourth-order valence-electron chi connectivity index (χ4n) is 4.31. The maximum Gasteiger partial charge on any atom is 0.422 e. The second-order valence-corrected chi connectivity index (χ2v) is 9.08. The minimum absolute atomic E-state index is 0.0145. The van der Waals surface area contributed by atoms with Crippen molar-refractivity contribution < 1.29 is 40.3 Å². The summed E-state index contributed by atoms with van der Waals surface area (Å²) >= 11 is 0. The molecule has 15 heteroatoms. The highest BCUT2D eigenvalue weighted by Gasteiger charge is 2.39. The maximum atomic E-state index is 14.3. The van der Waals surface area contributed by atoms with E-state index in [4.69, 9.17) is 0 Å². The third-order valence-corrected chi connectivity index (χ3v) is 5.98. The normalized spacial score (nSPS) is 17.4. The Hall–Kier alpha value is -3.36. The molecule has 1 aromatic carbocycles. The van der Waals surface area contributed by atoms with Crippen molar-refractivity contribution in [2.75, 3.05) is 39.0 Å². The molecule has 210 valence electrons. The second kappa shape index (κ2) is 11.6. The molecule has 0 aliphatic carbocycles. The Labute approximate surface area is 213 Å². The molecule has 4 rings (SSSR count). The highest BCUT2D eigenvalue weighted by molar-refractivity contribution is 5.95. The molecule has 0 radical (unpaired) electrons. The number of halogens is 7. The van der Waals surface area contributed by atoms with E-state index in [2.05, 4.69) is 15.7 Å². The molecule has 0 saturated carbocycles. The average molecular weight is 552 g/mol. The number of anilines is 1. The highest BCUT2D eigenvalue weighted by atomic mass is 19.4. The predicted octanol–water partition coefficient (Wildman–Crippen LogP) is 3.96. The van der Waals surface area contributed by atoms with Gasteiger partial charge < -0.3 is 20.4 Å². The summed E-state index contributed by atoms with van der Waals surface area (Å²) in [7, 11) is 3.17. The summed E-state index contributed by atoms with van der Waals surface area (Å²) in [5.74, 6) is -3.72. The SMILES string of the molecule is CC1CN(C)C(=O)c2c3c(nn2C1)CCN(C(=O)Nc1ccc(F)c(C(F)(F)F)c1F)C3.CNCC(F)F. The van der Waals surface area contributed by atoms with Gasteiger partial charge in [-0.2, -0.15) is 18.3 Å². The molecule has 0 spiro atoms. The van der Waals surface area contributed by atoms with Crippen LogP contribution in [-0.4, -0.2) is 71.7 Å². The van der Waals surface area contributed by atoms with Gasteiger partial charge >= 0.3 is 12.2 Å². The number of urea groups is 1. The first-order valence-corrected chi connectivity index (χ1v) is 11.6. The topological polar surface area (TPSA) is 82.5 Å². The van der Waals surface area contributed by atoms with E-state index < -0.39 is 41.5 Å². The first-order valence-electron chi connectivity index (χ1n) is 11.6. The van der Waals surface area contributed by atoms with Crippen LogP contribution in [0.2, 0.25) is 0 Å². The summed E-state index contributed by atoms with van der Waals surface area (Å²) < 4.78 is 90.2. The van der Waals surface area contributed by atoms with E-state index in [1.165, 1.54) is 11.9 Å². The van der Waals surface area contributed by atoms with Gasteiger partial charge in [-0.1, -0.05) is 6.92 Å². The minimum atomic E-state index is -5.26. The van der Waals surface area contributed by atoms with E-state index in [-0.39, 0.29) is 31.5 Å². The number of nitrogens with zero attached hydrogens (tertiary/aromatic N) is 4. The lowest BCUT2D eigenvalue weighted by atomic mass is 10.0. The van der Waals surface area contributed by atoms with Crippen molar-refractivity contribution in [3.63, 3.8) is 0 Å². The molecule has 1 unspecified atom stereocenters. The van der Waals surface area contributed by atoms with Gasteiger partial charge in [0, 0.05) is 38.7 Å². The molecule has 3 amide bonds. The quantitative estimate of drug-likeness (QED) is 0.565. The molecule has 3 heterocycles. The molecule has 38 heavy (non-hydrogen) atoms. The predicted molar refractivity (Wildman–Crippen MR) is 123 cm³/mol. The Morgan fingerprint density at radius 3 is 2.47 bits per heavy atom. The molecule has 0 fully saturated rings. The summed E-state index contributed by atoms with van der Waals surface area (Å²) in [6.07, 6.45) is -7.14. The first kappa shape index (κ1) is 29.2. The van der Waals surface area contributed by atoms with E-state index in [0.29, 0.717) is 42.5 Å². The summed E-state index contributed by atoms with van der Waals surface area (Å²) in [5.41, 5.74) is -1.24. The number of alkyl halides is 5. The lowest BCUT2D eigenvalue weighted by Gasteiger charge is -2.27. The highest BCUT2D eigenvalue weighted by Crippen LogP contribution is 2.36. The third kappa shape index (κ3) is 6.37. The molecule has 2 aromatic rings. The molecule has 0 saturated heterocycles. The number of nitrogens with one attached hydrogen (secondary N) is 2. The summed E-state index contributed by atoms with van der Waals surface area (Å²) in [6, 6.07) is 0.319. The zero-order valence-corrected chi connectivity index (χ0v) is 20.8. The smallest absolute Gasteiger partial charge is 0.340 e. The molecular weight excluding hydrogens is 525 g/mol. The van der Waals surface area contributed by atoms with Gasteiger partial charge in [0.05, 0.1) is 24.5 Å². The van der Waals surface area contributed by atoms with Crippen LogP contribution in [0.1, 0.15) is 34.2 Å². The summed E-state index contributed by atoms with van der Waals surface area (Å²) in [6.45, 7) is 3.02. The maximum absolute atomic E-state index is 14.3. The first-order chi connectivity index (χ1) is 17.7. The average Bonchev–Trinajstić information content (AvgIpc) is 3.11. The Kier molecular flexibility index (Phi) is 8.90. The molecule has 1 aromatic heterocycles. The Bertz CT molecular complexity index is 1180. The molecule has 2 aliphatic heterocycles. The van der Waals surface area contributed by atoms with Gasteiger partial charge in [-0.3, -0.25) is 9.48 Å². The van der Waals surface area contributed by atoms with E-state index in [9.17, 15) is 40.3 Å². The van der Waals surface area contributed by atoms with Crippen molar-refractivity contribution in [2.24, 2.45) is 5.92 Å². The Morgan fingerprint density at radius 2 is 1.89 bits per heavy atom. The van der Waals surface area contributed by atoms with Crippen LogP contribution in [0.3, 0.4) is 0 Å². The van der Waals surface area contributed by atoms with Crippen LogP contribution >= 0.6 is 0 Å². The zero-order chi connectivity index (χ0) is 28.4. The molecule has 1 atom stereocenters. The number of carbonyl (C=O) groups excluding carboxylic acids is 2. The van der Waals surface area contributed by atoms with Gasteiger partial charge in [0.25, 0.3) is 12.3 Å². The fraction of sp³-hybridized carbons (Fsp3) is 0.522. The molecule has 2 N–H and O–H groups in total. The summed E-state index contributed by atoms with van der Waals surface area (Å²) in [5, 5.41) is 8.91. The molecule has 0 bridgehead atoms. The van der Waals surface area contributed by atoms with Crippen molar-refractivity contribution in [1.82, 2.24) is 24.9 Å². The number of aromatic nitrogens is 2. The fourth-order valence-corrected chi connectivity index (χ4v) is 4.31. The van der Waals surface area contributed by atoms with Crippen molar-refractivity contribution in [3.05, 3.63) is 46.3 Å². The monoisotopic (exact) mass is 552 g/mol. The minimum Gasteiger partial charge on any atom is -0.340 e. The van der Waals surface area contributed by atoms with E-state index in [1.807, 2.05) is 6.92 Å². The van der Waals surface area contributed by atoms with Gasteiger partial charge in [-0.05, 0) is 25.1 Å². The number of hydrogen-bond acceptors (Lipinski definition) is 4. The molecule has 2 aliphatic rings. The number of benzene rings is 1. The van der Waals surface area contributed by atoms with Crippen LogP contribution in [0.25, 0.3) is 0 Å².